The smallest absolute Gasteiger partial charge is 0.0476 e. The molecule has 1 aromatic heterocycles. The van der Waals surface area contributed by atoms with Gasteiger partial charge < -0.3 is 4.90 Å². The zero-order chi connectivity index (χ0) is 30.5. The quantitative estimate of drug-likeness (QED) is 0.189. The molecule has 0 atom stereocenters. The van der Waals surface area contributed by atoms with Crippen molar-refractivity contribution in [1.82, 2.24) is 0 Å². The summed E-state index contributed by atoms with van der Waals surface area (Å²) in [7, 11) is 0. The van der Waals surface area contributed by atoms with Crippen molar-refractivity contribution < 1.29 is 0 Å². The number of nitrogens with zero attached hydrogens (tertiary/aromatic N) is 1. The van der Waals surface area contributed by atoms with Gasteiger partial charge in [-0.15, -0.1) is 11.3 Å². The van der Waals surface area contributed by atoms with Crippen LogP contribution in [0.4, 0.5) is 17.1 Å². The summed E-state index contributed by atoms with van der Waals surface area (Å²) in [5.74, 6) is 0. The predicted octanol–water partition coefficient (Wildman–Crippen LogP) is 13.2. The number of thiophene rings is 1. The van der Waals surface area contributed by atoms with Crippen LogP contribution < -0.4 is 4.90 Å². The normalized spacial score (nSPS) is 11.5. The molecule has 0 N–H and O–H groups in total. The van der Waals surface area contributed by atoms with E-state index in [9.17, 15) is 0 Å². The summed E-state index contributed by atoms with van der Waals surface area (Å²) in [6, 6.07) is 63.9. The van der Waals surface area contributed by atoms with Crippen molar-refractivity contribution >= 4 is 70.1 Å². The molecule has 0 radical (unpaired) electrons. The number of hydrogen-bond acceptors (Lipinski definition) is 2. The Morgan fingerprint density at radius 2 is 0.891 bits per heavy atom. The Labute approximate surface area is 272 Å². The van der Waals surface area contributed by atoms with Crippen LogP contribution in [0.2, 0.25) is 0 Å². The molecule has 1 heterocycles. The third kappa shape index (κ3) is 4.63. The van der Waals surface area contributed by atoms with Crippen molar-refractivity contribution in [2.45, 2.75) is 0 Å². The fourth-order valence-electron chi connectivity index (χ4n) is 6.73. The van der Waals surface area contributed by atoms with E-state index >= 15 is 0 Å². The Kier molecular flexibility index (Phi) is 6.40. The highest BCUT2D eigenvalue weighted by atomic mass is 32.1. The van der Waals surface area contributed by atoms with Crippen LogP contribution in [0, 0.1) is 0 Å². The Hall–Kier alpha value is -5.70. The highest BCUT2D eigenvalue weighted by molar-refractivity contribution is 7.26. The van der Waals surface area contributed by atoms with Crippen LogP contribution >= 0.6 is 11.3 Å². The molecule has 0 amide bonds. The van der Waals surface area contributed by atoms with Crippen molar-refractivity contribution in [2.75, 3.05) is 4.90 Å². The summed E-state index contributed by atoms with van der Waals surface area (Å²) in [5.41, 5.74) is 8.27. The molecule has 0 spiro atoms. The van der Waals surface area contributed by atoms with Crippen LogP contribution in [-0.4, -0.2) is 0 Å². The third-order valence-electron chi connectivity index (χ3n) is 9.04. The standard InChI is InChI=1S/C44H29NS/c1-2-8-30(9-3-1)32-16-21-37(22-17-32)45(38-23-18-33(19-24-38)36-15-14-31-10-4-5-12-35(31)28-36)39-25-26-41-43(29-39)46-42-27-20-34-11-6-7-13-40(34)44(41)42/h1-29H. The first-order chi connectivity index (χ1) is 22.8. The zero-order valence-corrected chi connectivity index (χ0v) is 25.9. The van der Waals surface area contributed by atoms with Gasteiger partial charge in [0.15, 0.2) is 0 Å². The second-order valence-corrected chi connectivity index (χ2v) is 12.9. The van der Waals surface area contributed by atoms with Crippen molar-refractivity contribution in [1.29, 1.82) is 0 Å². The lowest BCUT2D eigenvalue weighted by atomic mass is 10.0. The van der Waals surface area contributed by atoms with Gasteiger partial charge in [-0.25, -0.2) is 0 Å². The first-order valence-electron chi connectivity index (χ1n) is 15.7. The molecule has 2 heteroatoms. The maximum atomic E-state index is 2.38. The first-order valence-corrected chi connectivity index (χ1v) is 16.5. The van der Waals surface area contributed by atoms with E-state index in [-0.39, 0.29) is 0 Å². The van der Waals surface area contributed by atoms with Crippen LogP contribution in [0.1, 0.15) is 0 Å². The van der Waals surface area contributed by atoms with Gasteiger partial charge in [-0.3, -0.25) is 0 Å². The predicted molar refractivity (Wildman–Crippen MR) is 200 cm³/mol. The van der Waals surface area contributed by atoms with Gasteiger partial charge in [0, 0.05) is 37.2 Å². The molecule has 9 rings (SSSR count). The van der Waals surface area contributed by atoms with E-state index in [2.05, 4.69) is 181 Å². The van der Waals surface area contributed by atoms with Gasteiger partial charge in [0.25, 0.3) is 0 Å². The van der Waals surface area contributed by atoms with Gasteiger partial charge >= 0.3 is 0 Å². The minimum Gasteiger partial charge on any atom is -0.310 e. The first kappa shape index (κ1) is 26.7. The summed E-state index contributed by atoms with van der Waals surface area (Å²) in [4.78, 5) is 2.38. The maximum Gasteiger partial charge on any atom is 0.0476 e. The second kappa shape index (κ2) is 11.0. The fraction of sp³-hybridized carbons (Fsp3) is 0. The van der Waals surface area contributed by atoms with E-state index in [1.165, 1.54) is 64.0 Å². The van der Waals surface area contributed by atoms with Crippen LogP contribution in [0.15, 0.2) is 176 Å². The molecule has 0 fully saturated rings. The summed E-state index contributed by atoms with van der Waals surface area (Å²) >= 11 is 1.87. The monoisotopic (exact) mass is 603 g/mol. The topological polar surface area (TPSA) is 3.24 Å². The SMILES string of the molecule is c1ccc(-c2ccc(N(c3ccc(-c4ccc5ccccc5c4)cc3)c3ccc4c(c3)sc3ccc5ccccc5c34)cc2)cc1. The van der Waals surface area contributed by atoms with Crippen molar-refractivity contribution in [3.63, 3.8) is 0 Å². The number of rotatable bonds is 5. The van der Waals surface area contributed by atoms with E-state index in [1.807, 2.05) is 11.3 Å². The van der Waals surface area contributed by atoms with Crippen molar-refractivity contribution in [2.24, 2.45) is 0 Å². The molecular weight excluding hydrogens is 575 g/mol. The molecule has 0 bridgehead atoms. The number of benzene rings is 8. The highest BCUT2D eigenvalue weighted by Crippen LogP contribution is 2.43. The molecule has 46 heavy (non-hydrogen) atoms. The van der Waals surface area contributed by atoms with Gasteiger partial charge in [0.2, 0.25) is 0 Å². The van der Waals surface area contributed by atoms with Gasteiger partial charge in [0.1, 0.15) is 0 Å². The summed E-state index contributed by atoms with van der Waals surface area (Å²) in [6.07, 6.45) is 0. The molecule has 0 saturated carbocycles. The van der Waals surface area contributed by atoms with Crippen molar-refractivity contribution in [3.05, 3.63) is 176 Å². The average molecular weight is 604 g/mol. The van der Waals surface area contributed by atoms with Gasteiger partial charge in [-0.1, -0.05) is 127 Å². The Balaban J connectivity index is 1.16. The molecule has 8 aromatic carbocycles. The van der Waals surface area contributed by atoms with Crippen molar-refractivity contribution in [3.8, 4) is 22.3 Å². The number of fused-ring (bicyclic) bond motifs is 6. The minimum absolute atomic E-state index is 1.13. The number of hydrogen-bond donors (Lipinski definition) is 0. The van der Waals surface area contributed by atoms with E-state index in [4.69, 9.17) is 0 Å². The lowest BCUT2D eigenvalue weighted by molar-refractivity contribution is 1.29. The molecule has 0 aliphatic heterocycles. The molecule has 1 nitrogen and oxygen atoms in total. The van der Waals surface area contributed by atoms with Gasteiger partial charge in [0.05, 0.1) is 0 Å². The fourth-order valence-corrected chi connectivity index (χ4v) is 7.88. The lowest BCUT2D eigenvalue weighted by Gasteiger charge is -2.26. The second-order valence-electron chi connectivity index (χ2n) is 11.8. The molecule has 9 aromatic rings. The Morgan fingerprint density at radius 3 is 1.65 bits per heavy atom. The Bertz CT molecular complexity index is 2510. The molecule has 0 unspecified atom stereocenters. The third-order valence-corrected chi connectivity index (χ3v) is 10.2. The summed E-state index contributed by atoms with van der Waals surface area (Å²) in [5, 5.41) is 7.78. The van der Waals surface area contributed by atoms with Crippen LogP contribution in [-0.2, 0) is 0 Å². The highest BCUT2D eigenvalue weighted by Gasteiger charge is 2.16. The minimum atomic E-state index is 1.13. The average Bonchev–Trinajstić information content (AvgIpc) is 3.51. The van der Waals surface area contributed by atoms with Crippen LogP contribution in [0.5, 0.6) is 0 Å². The maximum absolute atomic E-state index is 2.38. The largest absolute Gasteiger partial charge is 0.310 e. The Morgan fingerprint density at radius 1 is 0.326 bits per heavy atom. The number of anilines is 3. The van der Waals surface area contributed by atoms with E-state index in [0.717, 1.165) is 17.1 Å². The van der Waals surface area contributed by atoms with E-state index in [1.54, 1.807) is 0 Å². The zero-order valence-electron chi connectivity index (χ0n) is 25.1. The molecular formula is C44H29NS. The molecule has 0 saturated heterocycles. The van der Waals surface area contributed by atoms with E-state index in [0.29, 0.717) is 0 Å². The molecule has 0 aliphatic carbocycles. The van der Waals surface area contributed by atoms with Gasteiger partial charge in [-0.2, -0.15) is 0 Å². The van der Waals surface area contributed by atoms with Crippen LogP contribution in [0.3, 0.4) is 0 Å². The lowest BCUT2D eigenvalue weighted by Crippen LogP contribution is -2.09. The molecule has 0 aliphatic rings. The summed E-state index contributed by atoms with van der Waals surface area (Å²) < 4.78 is 2.62. The summed E-state index contributed by atoms with van der Waals surface area (Å²) in [6.45, 7) is 0. The van der Waals surface area contributed by atoms with E-state index < -0.39 is 0 Å². The van der Waals surface area contributed by atoms with Crippen LogP contribution in [0.25, 0.3) is 64.0 Å². The van der Waals surface area contributed by atoms with Gasteiger partial charge in [-0.05, 0) is 92.3 Å². The molecule has 216 valence electrons.